The topological polar surface area (TPSA) is 189 Å². The second kappa shape index (κ2) is 12.7. The fourth-order valence-corrected chi connectivity index (χ4v) is 7.62. The lowest BCUT2D eigenvalue weighted by atomic mass is 9.63. The zero-order valence-corrected chi connectivity index (χ0v) is 27.3. The monoisotopic (exact) mass is 639 g/mol. The number of likely N-dealkylation sites (tertiary alicyclic amines) is 1. The molecule has 4 aliphatic rings. The summed E-state index contributed by atoms with van der Waals surface area (Å²) in [6, 6.07) is -4.03. The van der Waals surface area contributed by atoms with E-state index in [2.05, 4.69) is 31.2 Å². The number of aromatic nitrogens is 2. The Hall–Kier alpha value is -3.94. The molecule has 0 bridgehead atoms. The second-order valence-electron chi connectivity index (χ2n) is 14.2. The van der Waals surface area contributed by atoms with Crippen molar-refractivity contribution in [1.29, 1.82) is 0 Å². The Balaban J connectivity index is 1.38. The molecular weight excluding hydrogens is 594 g/mol. The highest BCUT2D eigenvalue weighted by atomic mass is 16.5. The number of nitrogens with one attached hydrogen (secondary N) is 4. The highest BCUT2D eigenvalue weighted by molar-refractivity contribution is 6.39. The quantitative estimate of drug-likeness (QED) is 0.244. The number of hydrogen-bond donors (Lipinski definition) is 4. The smallest absolute Gasteiger partial charge is 0.289 e. The predicted molar refractivity (Wildman–Crippen MR) is 164 cm³/mol. The summed E-state index contributed by atoms with van der Waals surface area (Å²) in [5, 5.41) is 11.1. The van der Waals surface area contributed by atoms with E-state index < -0.39 is 76.4 Å². The number of amides is 5. The van der Waals surface area contributed by atoms with Crippen LogP contribution in [0.3, 0.4) is 0 Å². The minimum Gasteiger partial charge on any atom is -0.379 e. The van der Waals surface area contributed by atoms with Crippen molar-refractivity contribution in [1.82, 2.24) is 36.1 Å². The van der Waals surface area contributed by atoms with Crippen LogP contribution in [0.5, 0.6) is 0 Å². The summed E-state index contributed by atoms with van der Waals surface area (Å²) in [4.78, 5) is 90.5. The lowest BCUT2D eigenvalue weighted by molar-refractivity contribution is -0.153. The van der Waals surface area contributed by atoms with Crippen molar-refractivity contribution in [3.8, 4) is 0 Å². The van der Waals surface area contributed by atoms with Crippen LogP contribution in [0.1, 0.15) is 77.2 Å². The van der Waals surface area contributed by atoms with Crippen molar-refractivity contribution in [2.75, 3.05) is 13.7 Å². The van der Waals surface area contributed by atoms with Gasteiger partial charge in [0.2, 0.25) is 23.5 Å². The van der Waals surface area contributed by atoms with E-state index in [0.29, 0.717) is 25.8 Å². The molecule has 2 aliphatic carbocycles. The fraction of sp³-hybridized carbons (Fsp3) is 0.688. The van der Waals surface area contributed by atoms with Crippen LogP contribution < -0.4 is 21.3 Å². The highest BCUT2D eigenvalue weighted by Crippen LogP contribution is 2.59. The maximum atomic E-state index is 14.4. The first kappa shape index (κ1) is 33.4. The molecule has 4 N–H and O–H groups in total. The summed E-state index contributed by atoms with van der Waals surface area (Å²) in [5.74, 6) is -3.81. The number of ether oxygens (including phenoxy) is 1. The van der Waals surface area contributed by atoms with E-state index in [0.717, 1.165) is 12.8 Å². The third kappa shape index (κ3) is 6.10. The van der Waals surface area contributed by atoms with Crippen LogP contribution in [-0.4, -0.2) is 100 Å². The standard InChI is InChI=1S/C32H45N7O7/c1-7-32-11-10-17-15-39(22(20(17)32)28(43)37-24(32)23(40)29(44)35-18-8-9-18)30(45)25(31(3,4)5)38-27(42)21(16(2)46-6)36-26(41)19-14-33-12-13-34-19/h12-14,16-18,20-22,24-25H,7-11,15H2,1-6H3,(H,35,44)(H,36,41)(H,37,43)(H,38,42)/t16-,17+,20+,21+,22+,24?,25-,32?/m1/s1. The average Bonchev–Trinajstić information content (AvgIpc) is 3.64. The van der Waals surface area contributed by atoms with Crippen molar-refractivity contribution >= 4 is 35.3 Å². The molecule has 0 aromatic carbocycles. The molecule has 14 nitrogen and oxygen atoms in total. The fourth-order valence-electron chi connectivity index (χ4n) is 7.62. The SMILES string of the molecule is CCC12CC[C@H]3CN(C(=O)[C@@H](NC(=O)[C@@H](NC(=O)c4cnccn4)[C@@H](C)OC)C(C)(C)C)[C@H](C(=O)NC1C(=O)C(=O)NC1CC1)[C@H]32. The summed E-state index contributed by atoms with van der Waals surface area (Å²) in [5.41, 5.74) is -1.44. The molecular formula is C32H45N7O7. The molecule has 2 saturated carbocycles. The van der Waals surface area contributed by atoms with Crippen molar-refractivity contribution in [2.45, 2.75) is 103 Å². The van der Waals surface area contributed by atoms with E-state index in [1.807, 2.05) is 27.7 Å². The molecule has 0 radical (unpaired) electrons. The molecule has 1 aromatic heterocycles. The largest absolute Gasteiger partial charge is 0.379 e. The van der Waals surface area contributed by atoms with Crippen molar-refractivity contribution in [2.24, 2.45) is 22.7 Å². The van der Waals surface area contributed by atoms with Gasteiger partial charge in [-0.05, 0) is 50.4 Å². The molecule has 5 amide bonds. The van der Waals surface area contributed by atoms with Gasteiger partial charge in [0.1, 0.15) is 29.9 Å². The summed E-state index contributed by atoms with van der Waals surface area (Å²) in [6.07, 6.45) is 6.89. The molecule has 250 valence electrons. The Morgan fingerprint density at radius 1 is 1.13 bits per heavy atom. The molecule has 2 unspecified atom stereocenters. The Bertz CT molecular complexity index is 1390. The molecule has 8 atom stereocenters. The summed E-state index contributed by atoms with van der Waals surface area (Å²) in [7, 11) is 1.41. The first-order chi connectivity index (χ1) is 21.7. The number of ketones is 1. The number of nitrogens with zero attached hydrogens (tertiary/aromatic N) is 3. The van der Waals surface area contributed by atoms with Gasteiger partial charge in [-0.25, -0.2) is 4.98 Å². The van der Waals surface area contributed by atoms with E-state index in [9.17, 15) is 28.8 Å². The van der Waals surface area contributed by atoms with Gasteiger partial charge in [-0.1, -0.05) is 27.7 Å². The van der Waals surface area contributed by atoms with E-state index in [1.165, 1.54) is 25.7 Å². The Morgan fingerprint density at radius 2 is 1.85 bits per heavy atom. The third-order valence-electron chi connectivity index (χ3n) is 10.3. The van der Waals surface area contributed by atoms with Crippen LogP contribution in [0.2, 0.25) is 0 Å². The van der Waals surface area contributed by atoms with E-state index in [-0.39, 0.29) is 23.6 Å². The highest BCUT2D eigenvalue weighted by Gasteiger charge is 2.67. The number of piperidine rings is 1. The minimum atomic E-state index is -1.17. The number of carbonyl (C=O) groups excluding carboxylic acids is 6. The molecule has 14 heteroatoms. The molecule has 4 fully saturated rings. The van der Waals surface area contributed by atoms with Crippen LogP contribution in [0.4, 0.5) is 0 Å². The lowest BCUT2D eigenvalue weighted by Gasteiger charge is -2.48. The van der Waals surface area contributed by atoms with Crippen LogP contribution in [0.15, 0.2) is 18.6 Å². The van der Waals surface area contributed by atoms with Gasteiger partial charge in [0.05, 0.1) is 12.3 Å². The zero-order chi connectivity index (χ0) is 33.6. The molecule has 0 spiro atoms. The lowest BCUT2D eigenvalue weighted by Crippen LogP contribution is -2.69. The Morgan fingerprint density at radius 3 is 2.43 bits per heavy atom. The van der Waals surface area contributed by atoms with Crippen LogP contribution in [0.25, 0.3) is 0 Å². The Labute approximate surface area is 268 Å². The van der Waals surface area contributed by atoms with Crippen LogP contribution >= 0.6 is 0 Å². The number of rotatable bonds is 11. The number of Topliss-reactive ketones (excluding diaryl/α,β-unsaturated/α-hetero) is 1. The van der Waals surface area contributed by atoms with Gasteiger partial charge in [0, 0.05) is 43.4 Å². The normalized spacial score (nSPS) is 28.7. The van der Waals surface area contributed by atoms with Crippen molar-refractivity contribution in [3.05, 3.63) is 24.3 Å². The summed E-state index contributed by atoms with van der Waals surface area (Å²) < 4.78 is 5.39. The Kier molecular flexibility index (Phi) is 9.22. The second-order valence-corrected chi connectivity index (χ2v) is 14.2. The molecule has 1 aromatic rings. The maximum absolute atomic E-state index is 14.4. The first-order valence-corrected chi connectivity index (χ1v) is 16.1. The van der Waals surface area contributed by atoms with Gasteiger partial charge in [0.15, 0.2) is 0 Å². The van der Waals surface area contributed by atoms with E-state index in [4.69, 9.17) is 4.74 Å². The van der Waals surface area contributed by atoms with Gasteiger partial charge in [-0.15, -0.1) is 0 Å². The van der Waals surface area contributed by atoms with Gasteiger partial charge < -0.3 is 30.9 Å². The van der Waals surface area contributed by atoms with Gasteiger partial charge >= 0.3 is 0 Å². The van der Waals surface area contributed by atoms with Crippen molar-refractivity contribution in [3.63, 3.8) is 0 Å². The zero-order valence-electron chi connectivity index (χ0n) is 27.3. The summed E-state index contributed by atoms with van der Waals surface area (Å²) >= 11 is 0. The number of methoxy groups -OCH3 is 1. The van der Waals surface area contributed by atoms with Gasteiger partial charge in [-0.3, -0.25) is 33.8 Å². The molecule has 5 rings (SSSR count). The average molecular weight is 640 g/mol. The van der Waals surface area contributed by atoms with E-state index in [1.54, 1.807) is 11.8 Å². The van der Waals surface area contributed by atoms with Gasteiger partial charge in [-0.2, -0.15) is 0 Å². The third-order valence-corrected chi connectivity index (χ3v) is 10.3. The molecule has 2 aliphatic heterocycles. The number of hydrogen-bond acceptors (Lipinski definition) is 9. The van der Waals surface area contributed by atoms with E-state index >= 15 is 0 Å². The van der Waals surface area contributed by atoms with Crippen LogP contribution in [0, 0.1) is 22.7 Å². The summed E-state index contributed by atoms with van der Waals surface area (Å²) in [6.45, 7) is 9.31. The maximum Gasteiger partial charge on any atom is 0.289 e. The van der Waals surface area contributed by atoms with Crippen LogP contribution in [-0.2, 0) is 28.7 Å². The molecule has 2 saturated heterocycles. The molecule has 3 heterocycles. The van der Waals surface area contributed by atoms with Gasteiger partial charge in [0.25, 0.3) is 11.8 Å². The first-order valence-electron chi connectivity index (χ1n) is 16.1. The van der Waals surface area contributed by atoms with Crippen molar-refractivity contribution < 1.29 is 33.5 Å². The predicted octanol–water partition coefficient (Wildman–Crippen LogP) is 0.120. The number of carbonyl (C=O) groups is 6. The molecule has 46 heavy (non-hydrogen) atoms. The minimum absolute atomic E-state index is 0.00772.